The average Bonchev–Trinajstić information content (AvgIpc) is 3.16. The molecule has 3 aromatic rings. The van der Waals surface area contributed by atoms with Crippen molar-refractivity contribution in [1.29, 1.82) is 0 Å². The third-order valence-electron chi connectivity index (χ3n) is 5.64. The number of hydrogen-bond donors (Lipinski definition) is 1. The van der Waals surface area contributed by atoms with Crippen molar-refractivity contribution < 1.29 is 4.74 Å². The highest BCUT2D eigenvalue weighted by Crippen LogP contribution is 2.35. The summed E-state index contributed by atoms with van der Waals surface area (Å²) in [4.78, 5) is 10.5. The van der Waals surface area contributed by atoms with Gasteiger partial charge in [-0.3, -0.25) is 0 Å². The molecule has 0 atom stereocenters. The van der Waals surface area contributed by atoms with E-state index in [0.717, 1.165) is 61.9 Å². The Morgan fingerprint density at radius 2 is 1.89 bits per heavy atom. The van der Waals surface area contributed by atoms with Crippen LogP contribution in [-0.2, 0) is 12.8 Å². The minimum atomic E-state index is 0.538. The maximum Gasteiger partial charge on any atom is 0.245 e. The largest absolute Gasteiger partial charge is 0.497 e. The average molecular weight is 365 g/mol. The van der Waals surface area contributed by atoms with Gasteiger partial charge in [0.25, 0.3) is 0 Å². The van der Waals surface area contributed by atoms with Crippen LogP contribution in [-0.4, -0.2) is 40.4 Å². The number of piperidine rings is 1. The smallest absolute Gasteiger partial charge is 0.245 e. The van der Waals surface area contributed by atoms with E-state index >= 15 is 0 Å². The van der Waals surface area contributed by atoms with Crippen molar-refractivity contribution in [3.05, 3.63) is 41.3 Å². The van der Waals surface area contributed by atoms with Crippen molar-refractivity contribution in [2.75, 3.05) is 25.1 Å². The lowest BCUT2D eigenvalue weighted by Gasteiger charge is -2.32. The number of H-pyrrole nitrogens is 1. The van der Waals surface area contributed by atoms with Crippen LogP contribution < -0.4 is 9.64 Å². The van der Waals surface area contributed by atoms with E-state index in [9.17, 15) is 0 Å². The molecule has 1 N–H and O–H groups in total. The molecule has 6 nitrogen and oxygen atoms in total. The summed E-state index contributed by atoms with van der Waals surface area (Å²) in [5, 5.41) is 10.1. The van der Waals surface area contributed by atoms with Crippen LogP contribution in [0.3, 0.4) is 0 Å². The van der Waals surface area contributed by atoms with Crippen molar-refractivity contribution in [2.24, 2.45) is 0 Å². The fourth-order valence-corrected chi connectivity index (χ4v) is 4.04. The molecule has 0 saturated carbocycles. The Kier molecular flexibility index (Phi) is 4.97. The molecular formula is C21H27N5O. The zero-order chi connectivity index (χ0) is 18.8. The van der Waals surface area contributed by atoms with Crippen LogP contribution in [0.5, 0.6) is 5.75 Å². The summed E-state index contributed by atoms with van der Waals surface area (Å²) in [7, 11) is 1.72. The second-order valence-corrected chi connectivity index (χ2v) is 7.13. The van der Waals surface area contributed by atoms with Gasteiger partial charge in [-0.2, -0.15) is 5.10 Å². The van der Waals surface area contributed by atoms with Crippen LogP contribution in [0, 0.1) is 0 Å². The van der Waals surface area contributed by atoms with Crippen molar-refractivity contribution in [1.82, 2.24) is 20.2 Å². The van der Waals surface area contributed by atoms with Crippen LogP contribution in [0.15, 0.2) is 24.4 Å². The Hall–Kier alpha value is -2.63. The number of aromatic amines is 1. The molecule has 0 spiro atoms. The number of hydrogen-bond acceptors (Lipinski definition) is 5. The summed E-state index contributed by atoms with van der Waals surface area (Å²) in [5.74, 6) is 2.22. The van der Waals surface area contributed by atoms with E-state index in [1.54, 1.807) is 7.11 Å². The lowest BCUT2D eigenvalue weighted by atomic mass is 9.89. The Morgan fingerprint density at radius 3 is 2.59 bits per heavy atom. The highest BCUT2D eigenvalue weighted by atomic mass is 16.5. The monoisotopic (exact) mass is 365 g/mol. The number of fused-ring (bicyclic) bond motifs is 1. The van der Waals surface area contributed by atoms with Gasteiger partial charge < -0.3 is 14.6 Å². The summed E-state index contributed by atoms with van der Waals surface area (Å²) in [6.07, 6.45) is 6.12. The molecule has 1 aromatic carbocycles. The van der Waals surface area contributed by atoms with Gasteiger partial charge in [-0.25, -0.2) is 4.98 Å². The molecular weight excluding hydrogens is 338 g/mol. The first-order valence-corrected chi connectivity index (χ1v) is 9.85. The first kappa shape index (κ1) is 17.8. The van der Waals surface area contributed by atoms with Gasteiger partial charge in [-0.1, -0.05) is 13.8 Å². The molecule has 2 aromatic heterocycles. The van der Waals surface area contributed by atoms with Gasteiger partial charge in [0, 0.05) is 30.2 Å². The molecule has 0 bridgehead atoms. The van der Waals surface area contributed by atoms with E-state index < -0.39 is 0 Å². The number of aryl methyl sites for hydroxylation is 2. The molecule has 6 heteroatoms. The van der Waals surface area contributed by atoms with Crippen LogP contribution in [0.1, 0.15) is 49.6 Å². The number of benzene rings is 1. The minimum Gasteiger partial charge on any atom is -0.497 e. The second-order valence-electron chi connectivity index (χ2n) is 7.13. The number of nitrogens with zero attached hydrogens (tertiary/aromatic N) is 4. The van der Waals surface area contributed by atoms with Crippen LogP contribution in [0.25, 0.3) is 10.9 Å². The third kappa shape index (κ3) is 3.36. The first-order valence-electron chi connectivity index (χ1n) is 9.85. The number of rotatable bonds is 5. The second kappa shape index (κ2) is 7.55. The van der Waals surface area contributed by atoms with Gasteiger partial charge in [0.2, 0.25) is 5.95 Å². The summed E-state index contributed by atoms with van der Waals surface area (Å²) >= 11 is 0. The molecule has 4 rings (SSSR count). The van der Waals surface area contributed by atoms with Gasteiger partial charge in [0.1, 0.15) is 5.75 Å². The lowest BCUT2D eigenvalue weighted by Crippen LogP contribution is -2.34. The van der Waals surface area contributed by atoms with E-state index in [0.29, 0.717) is 5.92 Å². The SMILES string of the molecule is CCc1nnc(N2CCC(c3c[nH]c4ccc(OC)cc34)CC2)nc1CC. The first-order chi connectivity index (χ1) is 13.2. The molecule has 0 radical (unpaired) electrons. The number of aromatic nitrogens is 4. The number of nitrogens with one attached hydrogen (secondary N) is 1. The van der Waals surface area contributed by atoms with Crippen molar-refractivity contribution in [3.63, 3.8) is 0 Å². The van der Waals surface area contributed by atoms with Gasteiger partial charge in [-0.05, 0) is 55.4 Å². The molecule has 1 fully saturated rings. The molecule has 142 valence electrons. The van der Waals surface area contributed by atoms with E-state index in [1.807, 2.05) is 6.07 Å². The summed E-state index contributed by atoms with van der Waals surface area (Å²) in [5.41, 5.74) is 4.65. The molecule has 0 unspecified atom stereocenters. The van der Waals surface area contributed by atoms with Gasteiger partial charge >= 0.3 is 0 Å². The van der Waals surface area contributed by atoms with Gasteiger partial charge in [0.05, 0.1) is 18.5 Å². The van der Waals surface area contributed by atoms with E-state index in [4.69, 9.17) is 9.72 Å². The van der Waals surface area contributed by atoms with E-state index in [2.05, 4.69) is 52.3 Å². The molecule has 0 amide bonds. The summed E-state index contributed by atoms with van der Waals surface area (Å²) in [6, 6.07) is 6.23. The van der Waals surface area contributed by atoms with Gasteiger partial charge in [-0.15, -0.1) is 5.10 Å². The van der Waals surface area contributed by atoms with E-state index in [-0.39, 0.29) is 0 Å². The van der Waals surface area contributed by atoms with E-state index in [1.165, 1.54) is 16.5 Å². The van der Waals surface area contributed by atoms with Crippen LogP contribution >= 0.6 is 0 Å². The van der Waals surface area contributed by atoms with Crippen LogP contribution in [0.4, 0.5) is 5.95 Å². The third-order valence-corrected chi connectivity index (χ3v) is 5.64. The predicted molar refractivity (Wildman–Crippen MR) is 108 cm³/mol. The van der Waals surface area contributed by atoms with Crippen molar-refractivity contribution in [3.8, 4) is 5.75 Å². The molecule has 1 aliphatic heterocycles. The van der Waals surface area contributed by atoms with Gasteiger partial charge in [0.15, 0.2) is 0 Å². The zero-order valence-electron chi connectivity index (χ0n) is 16.3. The number of anilines is 1. The molecule has 3 heterocycles. The molecule has 1 saturated heterocycles. The quantitative estimate of drug-likeness (QED) is 0.743. The fourth-order valence-electron chi connectivity index (χ4n) is 4.04. The standard InChI is InChI=1S/C21H27N5O/c1-4-18-19(5-2)24-25-21(23-18)26-10-8-14(9-11-26)17-13-22-20-7-6-15(27-3)12-16(17)20/h6-7,12-14,22H,4-5,8-11H2,1-3H3. The number of ether oxygens (including phenoxy) is 1. The van der Waals surface area contributed by atoms with Crippen LogP contribution in [0.2, 0.25) is 0 Å². The topological polar surface area (TPSA) is 66.9 Å². The predicted octanol–water partition coefficient (Wildman–Crippen LogP) is 3.87. The Morgan fingerprint density at radius 1 is 1.11 bits per heavy atom. The Labute approximate surface area is 160 Å². The summed E-state index contributed by atoms with van der Waals surface area (Å²) < 4.78 is 5.40. The Balaban J connectivity index is 1.51. The highest BCUT2D eigenvalue weighted by molar-refractivity contribution is 5.85. The maximum absolute atomic E-state index is 5.40. The maximum atomic E-state index is 5.40. The molecule has 1 aliphatic rings. The lowest BCUT2D eigenvalue weighted by molar-refractivity contribution is 0.415. The fraction of sp³-hybridized carbons (Fsp3) is 0.476. The molecule has 0 aliphatic carbocycles. The molecule has 27 heavy (non-hydrogen) atoms. The number of methoxy groups -OCH3 is 1. The normalized spacial score (nSPS) is 15.4. The zero-order valence-corrected chi connectivity index (χ0v) is 16.3. The highest BCUT2D eigenvalue weighted by Gasteiger charge is 2.25. The van der Waals surface area contributed by atoms with Crippen molar-refractivity contribution >= 4 is 16.9 Å². The van der Waals surface area contributed by atoms with Crippen molar-refractivity contribution in [2.45, 2.75) is 45.4 Å². The Bertz CT molecular complexity index is 927. The summed E-state index contributed by atoms with van der Waals surface area (Å²) in [6.45, 7) is 6.14. The minimum absolute atomic E-state index is 0.538.